The first-order valence-corrected chi connectivity index (χ1v) is 8.39. The van der Waals surface area contributed by atoms with Gasteiger partial charge in [0.1, 0.15) is 5.75 Å². The second kappa shape index (κ2) is 8.39. The molecule has 7 nitrogen and oxygen atoms in total. The maximum atomic E-state index is 12.0. The highest BCUT2D eigenvalue weighted by Crippen LogP contribution is 2.18. The number of ether oxygens (including phenoxy) is 1. The van der Waals surface area contributed by atoms with E-state index in [1.54, 1.807) is 31.4 Å². The van der Waals surface area contributed by atoms with E-state index in [2.05, 4.69) is 10.3 Å². The average Bonchev–Trinajstić information content (AvgIpc) is 2.56. The Bertz CT molecular complexity index is 759. The van der Waals surface area contributed by atoms with Gasteiger partial charge in [-0.15, -0.1) is 0 Å². The summed E-state index contributed by atoms with van der Waals surface area (Å²) in [4.78, 5) is 27.9. The van der Waals surface area contributed by atoms with Gasteiger partial charge in [-0.05, 0) is 30.7 Å². The Kier molecular flexibility index (Phi) is 6.25. The number of hydrogen-bond donors (Lipinski definition) is 2. The summed E-state index contributed by atoms with van der Waals surface area (Å²) in [6.45, 7) is 2.42. The molecule has 128 valence electrons. The molecular formula is C16H19N3O4S. The summed E-state index contributed by atoms with van der Waals surface area (Å²) in [6.07, 6.45) is 0.748. The number of rotatable bonds is 7. The van der Waals surface area contributed by atoms with Gasteiger partial charge in [0, 0.05) is 12.2 Å². The highest BCUT2D eigenvalue weighted by atomic mass is 32.2. The maximum Gasteiger partial charge on any atom is 0.257 e. The molecule has 1 aromatic carbocycles. The normalized spacial score (nSPS) is 10.4. The lowest BCUT2D eigenvalue weighted by Gasteiger charge is -2.10. The fraction of sp³-hybridized carbons (Fsp3) is 0.312. The smallest absolute Gasteiger partial charge is 0.257 e. The summed E-state index contributed by atoms with van der Waals surface area (Å²) < 4.78 is 6.51. The minimum atomic E-state index is -0.342. The van der Waals surface area contributed by atoms with Crippen molar-refractivity contribution in [2.45, 2.75) is 25.0 Å². The predicted octanol–water partition coefficient (Wildman–Crippen LogP) is 2.10. The van der Waals surface area contributed by atoms with Gasteiger partial charge in [-0.3, -0.25) is 14.2 Å². The van der Waals surface area contributed by atoms with Crippen LogP contribution < -0.4 is 15.6 Å². The number of amides is 1. The Hall–Kier alpha value is -2.48. The molecule has 0 radical (unpaired) electrons. The molecule has 2 aromatic rings. The molecule has 24 heavy (non-hydrogen) atoms. The standard InChI is InChI=1S/C16H19N3O4S/c1-3-8-19-15(22)9-13(20)18-16(19)24-10-14(21)17-11-4-6-12(23-2)7-5-11/h4-7,9,20H,3,8,10H2,1-2H3,(H,17,21). The van der Waals surface area contributed by atoms with Gasteiger partial charge in [0.05, 0.1) is 18.9 Å². The van der Waals surface area contributed by atoms with Crippen LogP contribution in [0.4, 0.5) is 5.69 Å². The van der Waals surface area contributed by atoms with Crippen LogP contribution in [0, 0.1) is 0 Å². The number of nitrogens with one attached hydrogen (secondary N) is 1. The molecule has 2 rings (SSSR count). The Balaban J connectivity index is 2.01. The first kappa shape index (κ1) is 17.9. The van der Waals surface area contributed by atoms with E-state index in [1.807, 2.05) is 6.92 Å². The van der Waals surface area contributed by atoms with Crippen molar-refractivity contribution >= 4 is 23.4 Å². The number of hydrogen-bond acceptors (Lipinski definition) is 6. The van der Waals surface area contributed by atoms with Gasteiger partial charge in [-0.2, -0.15) is 4.98 Å². The molecule has 1 amide bonds. The molecular weight excluding hydrogens is 330 g/mol. The van der Waals surface area contributed by atoms with Crippen LogP contribution in [0.15, 0.2) is 40.3 Å². The second-order valence-corrected chi connectivity index (χ2v) is 5.89. The molecule has 2 N–H and O–H groups in total. The first-order valence-electron chi connectivity index (χ1n) is 7.41. The minimum absolute atomic E-state index is 0.0750. The number of methoxy groups -OCH3 is 1. The molecule has 0 bridgehead atoms. The topological polar surface area (TPSA) is 93.5 Å². The average molecular weight is 349 g/mol. The number of carbonyl (C=O) groups excluding carboxylic acids is 1. The van der Waals surface area contributed by atoms with E-state index in [4.69, 9.17) is 4.74 Å². The van der Waals surface area contributed by atoms with Gasteiger partial charge in [0.25, 0.3) is 5.56 Å². The Morgan fingerprint density at radius 2 is 2.08 bits per heavy atom. The number of carbonyl (C=O) groups is 1. The van der Waals surface area contributed by atoms with Gasteiger partial charge in [-0.25, -0.2) is 0 Å². The zero-order valence-corrected chi connectivity index (χ0v) is 14.3. The number of thioether (sulfide) groups is 1. The van der Waals surface area contributed by atoms with Crippen LogP contribution in [0.5, 0.6) is 11.6 Å². The van der Waals surface area contributed by atoms with Crippen molar-refractivity contribution in [2.75, 3.05) is 18.2 Å². The SMILES string of the molecule is CCCn1c(SCC(=O)Nc2ccc(OC)cc2)nc(O)cc1=O. The summed E-state index contributed by atoms with van der Waals surface area (Å²) in [7, 11) is 1.57. The first-order chi connectivity index (χ1) is 11.5. The fourth-order valence-electron chi connectivity index (χ4n) is 2.01. The summed E-state index contributed by atoms with van der Waals surface area (Å²) in [6, 6.07) is 8.04. The van der Waals surface area contributed by atoms with E-state index in [0.717, 1.165) is 24.2 Å². The van der Waals surface area contributed by atoms with Gasteiger partial charge in [-0.1, -0.05) is 18.7 Å². The monoisotopic (exact) mass is 349 g/mol. The quantitative estimate of drug-likeness (QED) is 0.587. The third kappa shape index (κ3) is 4.76. The Morgan fingerprint density at radius 3 is 2.71 bits per heavy atom. The third-order valence-electron chi connectivity index (χ3n) is 3.11. The van der Waals surface area contributed by atoms with Crippen LogP contribution in [-0.4, -0.2) is 33.4 Å². The summed E-state index contributed by atoms with van der Waals surface area (Å²) in [5, 5.41) is 12.6. The van der Waals surface area contributed by atoms with Crippen LogP contribution in [0.1, 0.15) is 13.3 Å². The molecule has 0 fully saturated rings. The lowest BCUT2D eigenvalue weighted by molar-refractivity contribution is -0.113. The highest BCUT2D eigenvalue weighted by molar-refractivity contribution is 7.99. The summed E-state index contributed by atoms with van der Waals surface area (Å²) >= 11 is 1.11. The molecule has 0 spiro atoms. The molecule has 1 heterocycles. The van der Waals surface area contributed by atoms with Crippen molar-refractivity contribution in [1.29, 1.82) is 0 Å². The Labute approximate surface area is 143 Å². The number of nitrogens with zero attached hydrogens (tertiary/aromatic N) is 2. The van der Waals surface area contributed by atoms with Crippen LogP contribution >= 0.6 is 11.8 Å². The van der Waals surface area contributed by atoms with Gasteiger partial charge >= 0.3 is 0 Å². The van der Waals surface area contributed by atoms with Crippen LogP contribution in [-0.2, 0) is 11.3 Å². The summed E-state index contributed by atoms with van der Waals surface area (Å²) in [5.74, 6) is 0.206. The van der Waals surface area contributed by atoms with E-state index >= 15 is 0 Å². The molecule has 8 heteroatoms. The van der Waals surface area contributed by atoms with Gasteiger partial charge < -0.3 is 15.2 Å². The number of benzene rings is 1. The van der Waals surface area contributed by atoms with E-state index in [1.165, 1.54) is 4.57 Å². The number of aromatic nitrogens is 2. The highest BCUT2D eigenvalue weighted by Gasteiger charge is 2.11. The predicted molar refractivity (Wildman–Crippen MR) is 92.8 cm³/mol. The molecule has 1 aromatic heterocycles. The zero-order valence-electron chi connectivity index (χ0n) is 13.5. The lowest BCUT2D eigenvalue weighted by Crippen LogP contribution is -2.23. The van der Waals surface area contributed by atoms with E-state index in [0.29, 0.717) is 23.1 Å². The van der Waals surface area contributed by atoms with Crippen molar-refractivity contribution in [3.8, 4) is 11.6 Å². The largest absolute Gasteiger partial charge is 0.497 e. The lowest BCUT2D eigenvalue weighted by atomic mass is 10.3. The van der Waals surface area contributed by atoms with Crippen molar-refractivity contribution in [2.24, 2.45) is 0 Å². The van der Waals surface area contributed by atoms with Crippen molar-refractivity contribution in [1.82, 2.24) is 9.55 Å². The van der Waals surface area contributed by atoms with Crippen LogP contribution in [0.3, 0.4) is 0 Å². The van der Waals surface area contributed by atoms with Crippen LogP contribution in [0.25, 0.3) is 0 Å². The molecule has 0 aliphatic rings. The Morgan fingerprint density at radius 1 is 1.38 bits per heavy atom. The number of anilines is 1. The van der Waals surface area contributed by atoms with Gasteiger partial charge in [0.2, 0.25) is 11.8 Å². The molecule has 0 saturated carbocycles. The van der Waals surface area contributed by atoms with E-state index in [-0.39, 0.29) is 23.1 Å². The fourth-order valence-corrected chi connectivity index (χ4v) is 2.84. The second-order valence-electron chi connectivity index (χ2n) is 4.95. The third-order valence-corrected chi connectivity index (χ3v) is 4.09. The van der Waals surface area contributed by atoms with Gasteiger partial charge in [0.15, 0.2) is 5.16 Å². The van der Waals surface area contributed by atoms with Crippen molar-refractivity contribution in [3.63, 3.8) is 0 Å². The molecule has 0 atom stereocenters. The molecule has 0 unspecified atom stereocenters. The van der Waals surface area contributed by atoms with Crippen molar-refractivity contribution in [3.05, 3.63) is 40.7 Å². The number of aromatic hydroxyl groups is 1. The van der Waals surface area contributed by atoms with E-state index < -0.39 is 0 Å². The van der Waals surface area contributed by atoms with Crippen LogP contribution in [0.2, 0.25) is 0 Å². The van der Waals surface area contributed by atoms with E-state index in [9.17, 15) is 14.7 Å². The minimum Gasteiger partial charge on any atom is -0.497 e. The van der Waals surface area contributed by atoms with Crippen molar-refractivity contribution < 1.29 is 14.6 Å². The molecule has 0 aliphatic carbocycles. The molecule has 0 saturated heterocycles. The molecule has 0 aliphatic heterocycles. The zero-order chi connectivity index (χ0) is 17.5. The maximum absolute atomic E-state index is 12.0. The summed E-state index contributed by atoms with van der Waals surface area (Å²) in [5.41, 5.74) is 0.318.